The molecule has 2 atom stereocenters. The van der Waals surface area contributed by atoms with Gasteiger partial charge in [0.25, 0.3) is 0 Å². The third-order valence-corrected chi connectivity index (χ3v) is 3.57. The molecule has 1 unspecified atom stereocenters. The molecule has 1 fully saturated rings. The lowest BCUT2D eigenvalue weighted by Gasteiger charge is -2.24. The second-order valence-electron chi connectivity index (χ2n) is 5.01. The van der Waals surface area contributed by atoms with Crippen LogP contribution in [-0.4, -0.2) is 19.0 Å². The summed E-state index contributed by atoms with van der Waals surface area (Å²) in [6.45, 7) is 3.75. The smallest absolute Gasteiger partial charge is 0.224 e. The van der Waals surface area contributed by atoms with Crippen LogP contribution < -0.4 is 10.6 Å². The fraction of sp³-hybridized carbons (Fsp3) is 0.467. The van der Waals surface area contributed by atoms with E-state index in [0.29, 0.717) is 5.56 Å². The van der Waals surface area contributed by atoms with E-state index >= 15 is 0 Å². The van der Waals surface area contributed by atoms with Gasteiger partial charge in [0.05, 0.1) is 23.6 Å². The van der Waals surface area contributed by atoms with Gasteiger partial charge >= 0.3 is 0 Å². The third-order valence-electron chi connectivity index (χ3n) is 3.57. The lowest BCUT2D eigenvalue weighted by molar-refractivity contribution is -0.126. The summed E-state index contributed by atoms with van der Waals surface area (Å²) in [5.74, 6) is 0.193. The van der Waals surface area contributed by atoms with Crippen molar-refractivity contribution in [3.63, 3.8) is 0 Å². The normalized spacial score (nSPS) is 20.3. The fourth-order valence-corrected chi connectivity index (χ4v) is 2.34. The number of nitrogens with one attached hydrogen (secondary N) is 2. The van der Waals surface area contributed by atoms with E-state index in [1.807, 2.05) is 19.1 Å². The van der Waals surface area contributed by atoms with Gasteiger partial charge in [0.2, 0.25) is 5.91 Å². The fourth-order valence-electron chi connectivity index (χ4n) is 2.34. The highest BCUT2D eigenvalue weighted by Crippen LogP contribution is 2.16. The zero-order valence-corrected chi connectivity index (χ0v) is 11.1. The van der Waals surface area contributed by atoms with Crippen LogP contribution in [0.5, 0.6) is 0 Å². The van der Waals surface area contributed by atoms with E-state index in [0.717, 1.165) is 31.5 Å². The van der Waals surface area contributed by atoms with Crippen LogP contribution in [0.15, 0.2) is 24.3 Å². The topological polar surface area (TPSA) is 64.9 Å². The highest BCUT2D eigenvalue weighted by atomic mass is 16.1. The van der Waals surface area contributed by atoms with Crippen molar-refractivity contribution in [1.82, 2.24) is 10.6 Å². The van der Waals surface area contributed by atoms with Crippen molar-refractivity contribution in [2.45, 2.75) is 25.8 Å². The van der Waals surface area contributed by atoms with Gasteiger partial charge in [-0.2, -0.15) is 5.26 Å². The average molecular weight is 257 g/mol. The number of hydrogen-bond donors (Lipinski definition) is 2. The minimum atomic E-state index is -0.0258. The van der Waals surface area contributed by atoms with Gasteiger partial charge in [-0.15, -0.1) is 0 Å². The van der Waals surface area contributed by atoms with Gasteiger partial charge in [0.15, 0.2) is 0 Å². The van der Waals surface area contributed by atoms with Crippen LogP contribution in [0.3, 0.4) is 0 Å². The molecule has 4 heteroatoms. The number of nitrogens with zero attached hydrogens (tertiary/aromatic N) is 1. The lowest BCUT2D eigenvalue weighted by atomic mass is 9.98. The number of nitriles is 1. The number of carbonyl (C=O) groups is 1. The largest absolute Gasteiger partial charge is 0.349 e. The van der Waals surface area contributed by atoms with Crippen molar-refractivity contribution in [2.75, 3.05) is 13.1 Å². The molecule has 2 rings (SSSR count). The maximum Gasteiger partial charge on any atom is 0.224 e. The van der Waals surface area contributed by atoms with Gasteiger partial charge in [0, 0.05) is 6.54 Å². The average Bonchev–Trinajstić information content (AvgIpc) is 2.48. The zero-order chi connectivity index (χ0) is 13.7. The molecule has 1 heterocycles. The van der Waals surface area contributed by atoms with Crippen molar-refractivity contribution >= 4 is 5.91 Å². The molecule has 0 aliphatic carbocycles. The third kappa shape index (κ3) is 3.55. The Hall–Kier alpha value is -1.86. The van der Waals surface area contributed by atoms with Gasteiger partial charge in [-0.3, -0.25) is 4.79 Å². The summed E-state index contributed by atoms with van der Waals surface area (Å²) < 4.78 is 0. The van der Waals surface area contributed by atoms with Crippen molar-refractivity contribution in [1.29, 1.82) is 5.26 Å². The Morgan fingerprint density at radius 3 is 2.79 bits per heavy atom. The molecular weight excluding hydrogens is 238 g/mol. The van der Waals surface area contributed by atoms with E-state index in [-0.39, 0.29) is 17.9 Å². The molecule has 1 saturated heterocycles. The van der Waals surface area contributed by atoms with Gasteiger partial charge < -0.3 is 10.6 Å². The first-order chi connectivity index (χ1) is 9.20. The number of piperidine rings is 1. The first kappa shape index (κ1) is 13.6. The van der Waals surface area contributed by atoms with Crippen molar-refractivity contribution in [3.05, 3.63) is 35.4 Å². The maximum atomic E-state index is 12.1. The molecule has 0 spiro atoms. The minimum Gasteiger partial charge on any atom is -0.349 e. The Morgan fingerprint density at radius 1 is 1.47 bits per heavy atom. The SMILES string of the molecule is CC(NC(=O)[C@@H]1CCCNC1)c1ccc(C#N)cc1. The van der Waals surface area contributed by atoms with Crippen LogP contribution >= 0.6 is 0 Å². The Kier molecular flexibility index (Phi) is 4.53. The van der Waals surface area contributed by atoms with Crippen LogP contribution in [0, 0.1) is 17.2 Å². The quantitative estimate of drug-likeness (QED) is 0.866. The van der Waals surface area contributed by atoms with Crippen molar-refractivity contribution in [3.8, 4) is 6.07 Å². The van der Waals surface area contributed by atoms with E-state index in [9.17, 15) is 4.79 Å². The highest BCUT2D eigenvalue weighted by molar-refractivity contribution is 5.79. The van der Waals surface area contributed by atoms with Gasteiger partial charge in [0.1, 0.15) is 0 Å². The second kappa shape index (κ2) is 6.35. The van der Waals surface area contributed by atoms with E-state index in [2.05, 4.69) is 16.7 Å². The standard InChI is InChI=1S/C15H19N3O/c1-11(13-6-4-12(9-16)5-7-13)18-15(19)14-3-2-8-17-10-14/h4-7,11,14,17H,2-3,8,10H2,1H3,(H,18,19)/t11?,14-/m1/s1. The molecule has 4 nitrogen and oxygen atoms in total. The summed E-state index contributed by atoms with van der Waals surface area (Å²) >= 11 is 0. The van der Waals surface area contributed by atoms with Crippen LogP contribution in [0.2, 0.25) is 0 Å². The number of benzene rings is 1. The highest BCUT2D eigenvalue weighted by Gasteiger charge is 2.22. The first-order valence-corrected chi connectivity index (χ1v) is 6.72. The number of carbonyl (C=O) groups excluding carboxylic acids is 1. The monoisotopic (exact) mass is 257 g/mol. The van der Waals surface area contributed by atoms with Gasteiger partial charge in [-0.05, 0) is 44.0 Å². The van der Waals surface area contributed by atoms with Gasteiger partial charge in [-0.25, -0.2) is 0 Å². The molecule has 1 aromatic carbocycles. The molecule has 1 aliphatic heterocycles. The molecule has 0 saturated carbocycles. The predicted octanol–water partition coefficient (Wildman–Crippen LogP) is 1.74. The summed E-state index contributed by atoms with van der Waals surface area (Å²) in [7, 11) is 0. The molecule has 1 amide bonds. The summed E-state index contributed by atoms with van der Waals surface area (Å²) in [5, 5.41) is 15.0. The predicted molar refractivity (Wildman–Crippen MR) is 73.3 cm³/mol. The number of amides is 1. The van der Waals surface area contributed by atoms with Crippen molar-refractivity contribution < 1.29 is 4.79 Å². The Balaban J connectivity index is 1.93. The lowest BCUT2D eigenvalue weighted by Crippen LogP contribution is -2.41. The molecule has 0 radical (unpaired) electrons. The maximum absolute atomic E-state index is 12.1. The molecule has 19 heavy (non-hydrogen) atoms. The first-order valence-electron chi connectivity index (χ1n) is 6.72. The van der Waals surface area contributed by atoms with Crippen LogP contribution in [0.1, 0.15) is 36.9 Å². The molecular formula is C15H19N3O. The molecule has 1 aliphatic rings. The molecule has 100 valence electrons. The summed E-state index contributed by atoms with van der Waals surface area (Å²) in [6.07, 6.45) is 2.02. The summed E-state index contributed by atoms with van der Waals surface area (Å²) in [5.41, 5.74) is 1.66. The minimum absolute atomic E-state index is 0.0258. The van der Waals surface area contributed by atoms with E-state index in [1.54, 1.807) is 12.1 Å². The number of rotatable bonds is 3. The zero-order valence-electron chi connectivity index (χ0n) is 11.1. The van der Waals surface area contributed by atoms with Gasteiger partial charge in [-0.1, -0.05) is 12.1 Å². The van der Waals surface area contributed by atoms with Crippen molar-refractivity contribution in [2.24, 2.45) is 5.92 Å². The molecule has 0 aromatic heterocycles. The Labute approximate surface area is 113 Å². The molecule has 2 N–H and O–H groups in total. The van der Waals surface area contributed by atoms with E-state index in [4.69, 9.17) is 5.26 Å². The second-order valence-corrected chi connectivity index (χ2v) is 5.01. The van der Waals surface area contributed by atoms with E-state index in [1.165, 1.54) is 0 Å². The molecule has 1 aromatic rings. The summed E-state index contributed by atoms with van der Waals surface area (Å²) in [4.78, 5) is 12.1. The van der Waals surface area contributed by atoms with E-state index < -0.39 is 0 Å². The molecule has 0 bridgehead atoms. The number of hydrogen-bond acceptors (Lipinski definition) is 3. The Morgan fingerprint density at radius 2 is 2.21 bits per heavy atom. The van der Waals surface area contributed by atoms with Crippen LogP contribution in [0.25, 0.3) is 0 Å². The van der Waals surface area contributed by atoms with Crippen LogP contribution in [-0.2, 0) is 4.79 Å². The summed E-state index contributed by atoms with van der Waals surface area (Å²) in [6, 6.07) is 9.40. The Bertz CT molecular complexity index is 469. The van der Waals surface area contributed by atoms with Crippen LogP contribution in [0.4, 0.5) is 0 Å².